The van der Waals surface area contributed by atoms with E-state index in [2.05, 4.69) is 72.9 Å². The molecule has 1 aromatic carbocycles. The molecule has 26 heavy (non-hydrogen) atoms. The van der Waals surface area contributed by atoms with Crippen LogP contribution >= 0.6 is 0 Å². The molecule has 3 saturated heterocycles. The van der Waals surface area contributed by atoms with E-state index in [0.717, 1.165) is 18.0 Å². The van der Waals surface area contributed by atoms with Crippen molar-refractivity contribution in [3.8, 4) is 0 Å². The van der Waals surface area contributed by atoms with Crippen LogP contribution in [0.25, 0.3) is 10.9 Å². The number of fused-ring (bicyclic) bond motifs is 4. The summed E-state index contributed by atoms with van der Waals surface area (Å²) in [5, 5.41) is 1.24. The third-order valence-corrected chi connectivity index (χ3v) is 6.06. The summed E-state index contributed by atoms with van der Waals surface area (Å²) in [5.74, 6) is 1.86. The molecule has 0 radical (unpaired) electrons. The zero-order chi connectivity index (χ0) is 18.1. The first-order valence-corrected chi connectivity index (χ1v) is 9.91. The van der Waals surface area contributed by atoms with Gasteiger partial charge in [0.05, 0.1) is 11.6 Å². The Morgan fingerprint density at radius 1 is 1.27 bits per heavy atom. The first kappa shape index (κ1) is 17.4. The fraction of sp³-hybridized carbons (Fsp3) is 0.478. The highest BCUT2D eigenvalue weighted by molar-refractivity contribution is 5.82. The van der Waals surface area contributed by atoms with Crippen LogP contribution in [0.4, 0.5) is 0 Å². The SMILES string of the molecule is C=CC1CN2CCC1CC2[C@H](N=CC(C)C)c1ccnc2ccccc12. The number of hydrogen-bond donors (Lipinski definition) is 0. The molecule has 0 aliphatic carbocycles. The van der Waals surface area contributed by atoms with Crippen LogP contribution in [0.3, 0.4) is 0 Å². The van der Waals surface area contributed by atoms with Gasteiger partial charge in [-0.1, -0.05) is 38.1 Å². The van der Waals surface area contributed by atoms with Gasteiger partial charge in [0.2, 0.25) is 0 Å². The Morgan fingerprint density at radius 2 is 2.12 bits per heavy atom. The van der Waals surface area contributed by atoms with Crippen LogP contribution < -0.4 is 0 Å². The summed E-state index contributed by atoms with van der Waals surface area (Å²) in [5.41, 5.74) is 2.38. The summed E-state index contributed by atoms with van der Waals surface area (Å²) < 4.78 is 0. The quantitative estimate of drug-likeness (QED) is 0.568. The molecule has 5 atom stereocenters. The zero-order valence-electron chi connectivity index (χ0n) is 15.9. The molecule has 3 fully saturated rings. The molecular weight excluding hydrogens is 318 g/mol. The average Bonchev–Trinajstić information content (AvgIpc) is 2.68. The van der Waals surface area contributed by atoms with Crippen molar-refractivity contribution in [2.24, 2.45) is 22.7 Å². The number of rotatable bonds is 5. The second-order valence-electron chi connectivity index (χ2n) is 8.15. The van der Waals surface area contributed by atoms with Gasteiger partial charge in [-0.15, -0.1) is 6.58 Å². The molecule has 3 aliphatic heterocycles. The maximum atomic E-state index is 5.12. The normalized spacial score (nSPS) is 29.5. The van der Waals surface area contributed by atoms with Gasteiger partial charge in [0, 0.05) is 30.4 Å². The van der Waals surface area contributed by atoms with Crippen LogP contribution in [0.2, 0.25) is 0 Å². The van der Waals surface area contributed by atoms with Crippen molar-refractivity contribution in [2.75, 3.05) is 13.1 Å². The number of pyridine rings is 1. The van der Waals surface area contributed by atoms with Gasteiger partial charge in [-0.05, 0) is 54.8 Å². The molecular formula is C23H29N3. The van der Waals surface area contributed by atoms with E-state index in [1.54, 1.807) is 0 Å². The van der Waals surface area contributed by atoms with Crippen LogP contribution in [0.15, 0.2) is 54.2 Å². The Morgan fingerprint density at radius 3 is 2.85 bits per heavy atom. The molecule has 0 saturated carbocycles. The lowest BCUT2D eigenvalue weighted by Crippen LogP contribution is -2.54. The van der Waals surface area contributed by atoms with Gasteiger partial charge in [-0.2, -0.15) is 0 Å². The summed E-state index contributed by atoms with van der Waals surface area (Å²) >= 11 is 0. The molecule has 0 spiro atoms. The molecule has 136 valence electrons. The highest BCUT2D eigenvalue weighted by atomic mass is 15.2. The van der Waals surface area contributed by atoms with E-state index in [1.165, 1.54) is 30.3 Å². The maximum Gasteiger partial charge on any atom is 0.0907 e. The van der Waals surface area contributed by atoms with E-state index < -0.39 is 0 Å². The lowest BCUT2D eigenvalue weighted by atomic mass is 9.73. The van der Waals surface area contributed by atoms with Crippen LogP contribution in [-0.4, -0.2) is 35.2 Å². The van der Waals surface area contributed by atoms with Gasteiger partial charge in [-0.3, -0.25) is 14.9 Å². The fourth-order valence-electron chi connectivity index (χ4n) is 4.73. The topological polar surface area (TPSA) is 28.5 Å². The van der Waals surface area contributed by atoms with E-state index in [0.29, 0.717) is 17.9 Å². The second-order valence-corrected chi connectivity index (χ2v) is 8.15. The van der Waals surface area contributed by atoms with Crippen LogP contribution in [0, 0.1) is 17.8 Å². The summed E-state index contributed by atoms with van der Waals surface area (Å²) in [6.07, 6.45) is 8.76. The Bertz CT molecular complexity index is 805. The number of aliphatic imine (C=N–C) groups is 1. The lowest BCUT2D eigenvalue weighted by molar-refractivity contribution is 0.00791. The molecule has 1 aromatic heterocycles. The van der Waals surface area contributed by atoms with Gasteiger partial charge >= 0.3 is 0 Å². The zero-order valence-corrected chi connectivity index (χ0v) is 15.9. The molecule has 4 heterocycles. The maximum absolute atomic E-state index is 5.12. The molecule has 2 aromatic rings. The standard InChI is InChI=1S/C23H29N3/c1-4-17-15-26-12-10-18(17)13-22(26)23(25-14-16(2)3)20-9-11-24-21-8-6-5-7-19(20)21/h4-9,11,14,16-18,22-23H,1,10,12-13,15H2,2-3H3/t17?,18?,22?,23-/m1/s1. The highest BCUT2D eigenvalue weighted by Crippen LogP contribution is 2.43. The molecule has 0 amide bonds. The van der Waals surface area contributed by atoms with Crippen LogP contribution in [0.1, 0.15) is 38.3 Å². The number of nitrogens with zero attached hydrogens (tertiary/aromatic N) is 3. The van der Waals surface area contributed by atoms with Gasteiger partial charge in [-0.25, -0.2) is 0 Å². The molecule has 4 unspecified atom stereocenters. The summed E-state index contributed by atoms with van der Waals surface area (Å²) in [4.78, 5) is 12.3. The molecule has 2 bridgehead atoms. The third-order valence-electron chi connectivity index (χ3n) is 6.06. The minimum absolute atomic E-state index is 0.180. The minimum atomic E-state index is 0.180. The molecule has 0 N–H and O–H groups in total. The number of aromatic nitrogens is 1. The predicted octanol–water partition coefficient (Wildman–Crippen LogP) is 4.90. The summed E-state index contributed by atoms with van der Waals surface area (Å²) in [6, 6.07) is 11.3. The van der Waals surface area contributed by atoms with Crippen LogP contribution in [0.5, 0.6) is 0 Å². The summed E-state index contributed by atoms with van der Waals surface area (Å²) in [6.45, 7) is 10.8. The molecule has 5 rings (SSSR count). The van der Waals surface area contributed by atoms with Crippen molar-refractivity contribution in [3.63, 3.8) is 0 Å². The van der Waals surface area contributed by atoms with Crippen molar-refractivity contribution in [1.82, 2.24) is 9.88 Å². The highest BCUT2D eigenvalue weighted by Gasteiger charge is 2.42. The van der Waals surface area contributed by atoms with Crippen molar-refractivity contribution in [3.05, 3.63) is 54.7 Å². The van der Waals surface area contributed by atoms with E-state index in [1.807, 2.05) is 6.20 Å². The van der Waals surface area contributed by atoms with E-state index >= 15 is 0 Å². The van der Waals surface area contributed by atoms with Crippen molar-refractivity contribution >= 4 is 17.1 Å². The van der Waals surface area contributed by atoms with Crippen molar-refractivity contribution in [1.29, 1.82) is 0 Å². The molecule has 3 nitrogen and oxygen atoms in total. The van der Waals surface area contributed by atoms with Crippen molar-refractivity contribution in [2.45, 2.75) is 38.8 Å². The number of para-hydroxylation sites is 1. The van der Waals surface area contributed by atoms with E-state index in [4.69, 9.17) is 4.99 Å². The van der Waals surface area contributed by atoms with Gasteiger partial charge in [0.15, 0.2) is 0 Å². The first-order chi connectivity index (χ1) is 12.7. The Labute approximate surface area is 156 Å². The number of hydrogen-bond acceptors (Lipinski definition) is 3. The fourth-order valence-corrected chi connectivity index (χ4v) is 4.73. The van der Waals surface area contributed by atoms with E-state index in [-0.39, 0.29) is 6.04 Å². The van der Waals surface area contributed by atoms with E-state index in [9.17, 15) is 0 Å². The number of benzene rings is 1. The minimum Gasteiger partial charge on any atom is -0.297 e. The van der Waals surface area contributed by atoms with Gasteiger partial charge in [0.25, 0.3) is 0 Å². The predicted molar refractivity (Wildman–Crippen MR) is 110 cm³/mol. The van der Waals surface area contributed by atoms with Crippen LogP contribution in [-0.2, 0) is 0 Å². The second kappa shape index (κ2) is 7.32. The Hall–Kier alpha value is -2.00. The monoisotopic (exact) mass is 347 g/mol. The Balaban J connectivity index is 1.75. The Kier molecular flexibility index (Phi) is 4.90. The van der Waals surface area contributed by atoms with Crippen molar-refractivity contribution < 1.29 is 0 Å². The first-order valence-electron chi connectivity index (χ1n) is 9.91. The lowest BCUT2D eigenvalue weighted by Gasteiger charge is -2.51. The molecule has 3 aliphatic rings. The van der Waals surface area contributed by atoms with Gasteiger partial charge < -0.3 is 0 Å². The van der Waals surface area contributed by atoms with Gasteiger partial charge in [0.1, 0.15) is 0 Å². The number of piperidine rings is 3. The third kappa shape index (κ3) is 3.21. The smallest absolute Gasteiger partial charge is 0.0907 e. The summed E-state index contributed by atoms with van der Waals surface area (Å²) in [7, 11) is 0. The largest absolute Gasteiger partial charge is 0.297 e. The molecule has 3 heteroatoms. The average molecular weight is 348 g/mol.